The molecule has 0 radical (unpaired) electrons. The summed E-state index contributed by atoms with van der Waals surface area (Å²) in [5.74, 6) is -2.37. The molecule has 0 heterocycles. The van der Waals surface area contributed by atoms with Crippen LogP contribution in [-0.4, -0.2) is 44.6 Å². The van der Waals surface area contributed by atoms with Crippen LogP contribution in [0.1, 0.15) is 13.8 Å². The van der Waals surface area contributed by atoms with Gasteiger partial charge in [-0.1, -0.05) is 0 Å². The van der Waals surface area contributed by atoms with E-state index < -0.39 is 24.1 Å². The Hall–Kier alpha value is -0.621. The second-order valence-corrected chi connectivity index (χ2v) is 2.03. The summed E-state index contributed by atoms with van der Waals surface area (Å²) in [5, 5.41) is 31.5. The van der Waals surface area contributed by atoms with Crippen LogP contribution in [0.15, 0.2) is 0 Å². The third-order valence-corrected chi connectivity index (χ3v) is 0.715. The fourth-order valence-corrected chi connectivity index (χ4v) is 0. The zero-order valence-electron chi connectivity index (χ0n) is 7.11. The number of carboxylic acid groups (broad SMARTS) is 2. The van der Waals surface area contributed by atoms with Crippen LogP contribution in [0, 0.1) is 0 Å². The van der Waals surface area contributed by atoms with Crippen molar-refractivity contribution < 1.29 is 47.1 Å². The maximum atomic E-state index is 9.45. The first kappa shape index (κ1) is 18.2. The van der Waals surface area contributed by atoms with E-state index in [-0.39, 0.29) is 17.1 Å². The summed E-state index contributed by atoms with van der Waals surface area (Å²) in [6.07, 6.45) is -2.46. The first-order valence-electron chi connectivity index (χ1n) is 3.10. The van der Waals surface area contributed by atoms with Gasteiger partial charge in [-0.2, -0.15) is 0 Å². The minimum absolute atomic E-state index is 0. The van der Waals surface area contributed by atoms with Gasteiger partial charge in [0.15, 0.2) is 0 Å². The molecule has 4 N–H and O–H groups in total. The van der Waals surface area contributed by atoms with E-state index >= 15 is 0 Å². The number of carboxylic acids is 2. The van der Waals surface area contributed by atoms with Crippen molar-refractivity contribution in [3.05, 3.63) is 0 Å². The SMILES string of the molecule is CC(O)C(=O)O.CC(O)C(=O)O.[Fe]. The maximum absolute atomic E-state index is 9.45. The van der Waals surface area contributed by atoms with Crippen LogP contribution < -0.4 is 0 Å². The number of carbonyl (C=O) groups is 2. The van der Waals surface area contributed by atoms with Gasteiger partial charge < -0.3 is 20.4 Å². The van der Waals surface area contributed by atoms with Gasteiger partial charge in [-0.05, 0) is 13.8 Å². The van der Waals surface area contributed by atoms with E-state index in [1.165, 1.54) is 13.8 Å². The van der Waals surface area contributed by atoms with Gasteiger partial charge in [-0.3, -0.25) is 0 Å². The van der Waals surface area contributed by atoms with Crippen LogP contribution in [-0.2, 0) is 26.7 Å². The minimum Gasteiger partial charge on any atom is -0.479 e. The molecule has 0 aliphatic carbocycles. The van der Waals surface area contributed by atoms with Crippen molar-refractivity contribution >= 4 is 11.9 Å². The average Bonchev–Trinajstić information content (AvgIpc) is 1.88. The Kier molecular flexibility index (Phi) is 13.3. The van der Waals surface area contributed by atoms with Crippen molar-refractivity contribution in [2.45, 2.75) is 26.1 Å². The number of aliphatic carboxylic acids is 2. The molecule has 0 spiro atoms. The molecule has 0 saturated heterocycles. The minimum atomic E-state index is -1.23. The largest absolute Gasteiger partial charge is 0.479 e. The van der Waals surface area contributed by atoms with E-state index in [4.69, 9.17) is 20.4 Å². The normalized spacial score (nSPS) is 12.6. The van der Waals surface area contributed by atoms with Gasteiger partial charge >= 0.3 is 11.9 Å². The van der Waals surface area contributed by atoms with Crippen molar-refractivity contribution in [3.63, 3.8) is 0 Å². The summed E-state index contributed by atoms with van der Waals surface area (Å²) in [4.78, 5) is 18.9. The van der Waals surface area contributed by atoms with Gasteiger partial charge in [0, 0.05) is 17.1 Å². The van der Waals surface area contributed by atoms with E-state index in [1.807, 2.05) is 0 Å². The van der Waals surface area contributed by atoms with Gasteiger partial charge in [0.2, 0.25) is 0 Å². The van der Waals surface area contributed by atoms with Gasteiger partial charge in [0.05, 0.1) is 0 Å². The van der Waals surface area contributed by atoms with E-state index in [0.29, 0.717) is 0 Å². The number of hydrogen-bond acceptors (Lipinski definition) is 4. The Morgan fingerprint density at radius 3 is 1.00 bits per heavy atom. The molecule has 13 heavy (non-hydrogen) atoms. The fourth-order valence-electron chi connectivity index (χ4n) is 0. The van der Waals surface area contributed by atoms with Crippen LogP contribution in [0.5, 0.6) is 0 Å². The van der Waals surface area contributed by atoms with Crippen LogP contribution in [0.2, 0.25) is 0 Å². The van der Waals surface area contributed by atoms with E-state index in [1.54, 1.807) is 0 Å². The van der Waals surface area contributed by atoms with Crippen LogP contribution in [0.3, 0.4) is 0 Å². The molecular formula is C6H12FeO6. The monoisotopic (exact) mass is 236 g/mol. The van der Waals surface area contributed by atoms with Crippen LogP contribution >= 0.6 is 0 Å². The van der Waals surface area contributed by atoms with E-state index in [9.17, 15) is 9.59 Å². The first-order valence-corrected chi connectivity index (χ1v) is 3.10. The molecule has 0 amide bonds. The molecule has 2 atom stereocenters. The van der Waals surface area contributed by atoms with Gasteiger partial charge in [0.1, 0.15) is 12.2 Å². The molecule has 0 rings (SSSR count). The average molecular weight is 236 g/mol. The number of aliphatic hydroxyl groups excluding tert-OH is 2. The smallest absolute Gasteiger partial charge is 0.332 e. The molecule has 0 aliphatic rings. The van der Waals surface area contributed by atoms with Gasteiger partial charge in [0.25, 0.3) is 0 Å². The molecule has 6 nitrogen and oxygen atoms in total. The molecule has 0 fully saturated rings. The Bertz CT molecular complexity index is 137. The summed E-state index contributed by atoms with van der Waals surface area (Å²) in [6, 6.07) is 0. The molecule has 0 saturated carbocycles. The molecule has 7 heteroatoms. The summed E-state index contributed by atoms with van der Waals surface area (Å²) in [7, 11) is 0. The third-order valence-electron chi connectivity index (χ3n) is 0.715. The van der Waals surface area contributed by atoms with Crippen molar-refractivity contribution in [2.24, 2.45) is 0 Å². The Labute approximate surface area is 85.7 Å². The van der Waals surface area contributed by atoms with Crippen molar-refractivity contribution in [2.75, 3.05) is 0 Å². The summed E-state index contributed by atoms with van der Waals surface area (Å²) >= 11 is 0. The predicted octanol–water partition coefficient (Wildman–Crippen LogP) is -1.10. The van der Waals surface area contributed by atoms with Crippen molar-refractivity contribution in [3.8, 4) is 0 Å². The Morgan fingerprint density at radius 2 is 1.00 bits per heavy atom. The second kappa shape index (κ2) is 9.47. The van der Waals surface area contributed by atoms with Crippen LogP contribution in [0.4, 0.5) is 0 Å². The van der Waals surface area contributed by atoms with E-state index in [0.717, 1.165) is 0 Å². The summed E-state index contributed by atoms with van der Waals surface area (Å²) in [5.41, 5.74) is 0. The van der Waals surface area contributed by atoms with E-state index in [2.05, 4.69) is 0 Å². The van der Waals surface area contributed by atoms with Gasteiger partial charge in [-0.25, -0.2) is 9.59 Å². The van der Waals surface area contributed by atoms with Gasteiger partial charge in [-0.15, -0.1) is 0 Å². The number of rotatable bonds is 2. The standard InChI is InChI=1S/2C3H6O3.Fe/c2*1-2(4)3(5)6;/h2*2,4H,1H3,(H,5,6);. The zero-order chi connectivity index (χ0) is 10.3. The quantitative estimate of drug-likeness (QED) is 0.452. The predicted molar refractivity (Wildman–Crippen MR) is 38.6 cm³/mol. The Morgan fingerprint density at radius 1 is 0.923 bits per heavy atom. The summed E-state index contributed by atoms with van der Waals surface area (Å²) in [6.45, 7) is 2.39. The number of hydrogen-bond donors (Lipinski definition) is 4. The van der Waals surface area contributed by atoms with Crippen molar-refractivity contribution in [1.82, 2.24) is 0 Å². The van der Waals surface area contributed by atoms with Crippen molar-refractivity contribution in [1.29, 1.82) is 0 Å². The molecule has 0 aromatic heterocycles. The molecule has 0 aliphatic heterocycles. The molecular weight excluding hydrogens is 224 g/mol. The maximum Gasteiger partial charge on any atom is 0.332 e. The third kappa shape index (κ3) is 18.4. The number of aliphatic hydroxyl groups is 2. The topological polar surface area (TPSA) is 115 Å². The fraction of sp³-hybridized carbons (Fsp3) is 0.667. The molecule has 80 valence electrons. The Balaban J connectivity index is -0.000000143. The molecule has 0 bridgehead atoms. The molecule has 0 aromatic carbocycles. The molecule has 0 aromatic rings. The molecule has 2 unspecified atom stereocenters. The summed E-state index contributed by atoms with van der Waals surface area (Å²) < 4.78 is 0. The first-order chi connectivity index (χ1) is 5.29. The van der Waals surface area contributed by atoms with Crippen LogP contribution in [0.25, 0.3) is 0 Å². The second-order valence-electron chi connectivity index (χ2n) is 2.03. The zero-order valence-corrected chi connectivity index (χ0v) is 8.22.